The lowest BCUT2D eigenvalue weighted by Crippen LogP contribution is -2.12. The molecule has 0 bridgehead atoms. The molecule has 0 saturated heterocycles. The molecule has 3 N–H and O–H groups in total. The summed E-state index contributed by atoms with van der Waals surface area (Å²) in [5.74, 6) is 0. The second-order valence-electron chi connectivity index (χ2n) is 3.64. The highest BCUT2D eigenvalue weighted by Crippen LogP contribution is 2.23. The largest absolute Gasteiger partial charge is 0.422 e. The fraction of sp³-hybridized carbons (Fsp3) is 0.250. The minimum absolute atomic E-state index is 0.00855. The number of rotatable bonds is 3. The van der Waals surface area contributed by atoms with E-state index in [-0.39, 0.29) is 12.6 Å². The maximum Gasteiger partial charge on any atom is 0.336 e. The van der Waals surface area contributed by atoms with Gasteiger partial charge in [0, 0.05) is 29.7 Å². The summed E-state index contributed by atoms with van der Waals surface area (Å²) in [7, 11) is 0. The zero-order valence-corrected chi connectivity index (χ0v) is 8.72. The van der Waals surface area contributed by atoms with Crippen molar-refractivity contribution in [3.63, 3.8) is 0 Å². The van der Waals surface area contributed by atoms with E-state index in [1.165, 1.54) is 6.07 Å². The Morgan fingerprint density at radius 3 is 2.88 bits per heavy atom. The van der Waals surface area contributed by atoms with Gasteiger partial charge in [0.05, 0.1) is 0 Å². The Kier molecular flexibility index (Phi) is 3.03. The summed E-state index contributed by atoms with van der Waals surface area (Å²) in [5.41, 5.74) is 6.77. The molecule has 1 unspecified atom stereocenters. The molecule has 0 aliphatic carbocycles. The van der Waals surface area contributed by atoms with Crippen LogP contribution in [0.4, 0.5) is 0 Å². The van der Waals surface area contributed by atoms with Gasteiger partial charge in [0.25, 0.3) is 0 Å². The predicted molar refractivity (Wildman–Crippen MR) is 61.1 cm³/mol. The average Bonchev–Trinajstić information content (AvgIpc) is 2.28. The van der Waals surface area contributed by atoms with Gasteiger partial charge < -0.3 is 15.3 Å². The van der Waals surface area contributed by atoms with Crippen LogP contribution in [0.5, 0.6) is 0 Å². The number of benzene rings is 1. The summed E-state index contributed by atoms with van der Waals surface area (Å²) in [6, 6.07) is 8.28. The molecule has 0 spiro atoms. The third kappa shape index (κ3) is 1.98. The van der Waals surface area contributed by atoms with Gasteiger partial charge in [-0.05, 0) is 12.5 Å². The van der Waals surface area contributed by atoms with E-state index in [2.05, 4.69) is 0 Å². The van der Waals surface area contributed by atoms with E-state index in [0.29, 0.717) is 12.0 Å². The summed E-state index contributed by atoms with van der Waals surface area (Å²) in [4.78, 5) is 11.2. The Morgan fingerprint density at radius 1 is 1.31 bits per heavy atom. The quantitative estimate of drug-likeness (QED) is 0.760. The van der Waals surface area contributed by atoms with Gasteiger partial charge >= 0.3 is 5.63 Å². The lowest BCUT2D eigenvalue weighted by Gasteiger charge is -2.11. The average molecular weight is 219 g/mol. The van der Waals surface area contributed by atoms with Crippen molar-refractivity contribution >= 4 is 11.0 Å². The Morgan fingerprint density at radius 2 is 2.12 bits per heavy atom. The monoisotopic (exact) mass is 219 g/mol. The van der Waals surface area contributed by atoms with Gasteiger partial charge in [0.2, 0.25) is 0 Å². The van der Waals surface area contributed by atoms with Crippen LogP contribution in [-0.2, 0) is 0 Å². The Labute approximate surface area is 92.3 Å². The van der Waals surface area contributed by atoms with Gasteiger partial charge in [-0.15, -0.1) is 0 Å². The first-order chi connectivity index (χ1) is 7.72. The van der Waals surface area contributed by atoms with E-state index in [0.717, 1.165) is 10.9 Å². The van der Waals surface area contributed by atoms with E-state index in [9.17, 15) is 4.79 Å². The highest BCUT2D eigenvalue weighted by molar-refractivity contribution is 5.79. The molecule has 2 aromatic rings. The van der Waals surface area contributed by atoms with Crippen molar-refractivity contribution < 1.29 is 9.52 Å². The van der Waals surface area contributed by atoms with Crippen molar-refractivity contribution in [1.82, 2.24) is 0 Å². The zero-order chi connectivity index (χ0) is 11.5. The second-order valence-corrected chi connectivity index (χ2v) is 3.64. The normalized spacial score (nSPS) is 12.9. The summed E-state index contributed by atoms with van der Waals surface area (Å²) < 4.78 is 5.14. The first kappa shape index (κ1) is 10.9. The Bertz CT molecular complexity index is 547. The smallest absolute Gasteiger partial charge is 0.336 e. The van der Waals surface area contributed by atoms with Crippen LogP contribution >= 0.6 is 0 Å². The fourth-order valence-corrected chi connectivity index (χ4v) is 1.70. The third-order valence-electron chi connectivity index (χ3n) is 2.52. The molecule has 4 nitrogen and oxygen atoms in total. The van der Waals surface area contributed by atoms with Crippen LogP contribution in [-0.4, -0.2) is 11.7 Å². The first-order valence-electron chi connectivity index (χ1n) is 5.11. The van der Waals surface area contributed by atoms with Crippen molar-refractivity contribution in [2.45, 2.75) is 12.5 Å². The summed E-state index contributed by atoms with van der Waals surface area (Å²) in [6.07, 6.45) is 0.442. The lowest BCUT2D eigenvalue weighted by molar-refractivity contribution is 0.276. The predicted octanol–water partition coefficient (Wildman–Crippen LogP) is 1.18. The number of aliphatic hydroxyl groups is 1. The number of hydrogen-bond donors (Lipinski definition) is 2. The molecule has 0 radical (unpaired) electrons. The molecule has 0 fully saturated rings. The van der Waals surface area contributed by atoms with E-state index < -0.39 is 5.63 Å². The molecule has 16 heavy (non-hydrogen) atoms. The van der Waals surface area contributed by atoms with Crippen LogP contribution in [0.1, 0.15) is 18.0 Å². The SMILES string of the molecule is NC(CCO)c1cccc2ccc(=O)oc12. The molecule has 84 valence electrons. The highest BCUT2D eigenvalue weighted by Gasteiger charge is 2.11. The molecular formula is C12H13NO3. The molecule has 1 heterocycles. The topological polar surface area (TPSA) is 76.5 Å². The van der Waals surface area contributed by atoms with Crippen LogP contribution in [0, 0.1) is 0 Å². The number of fused-ring (bicyclic) bond motifs is 1. The highest BCUT2D eigenvalue weighted by atomic mass is 16.4. The first-order valence-corrected chi connectivity index (χ1v) is 5.11. The van der Waals surface area contributed by atoms with Gasteiger partial charge in [-0.3, -0.25) is 0 Å². The van der Waals surface area contributed by atoms with Crippen LogP contribution in [0.15, 0.2) is 39.5 Å². The van der Waals surface area contributed by atoms with Gasteiger partial charge in [-0.25, -0.2) is 4.79 Å². The molecule has 2 rings (SSSR count). The maximum absolute atomic E-state index is 11.2. The van der Waals surface area contributed by atoms with Gasteiger partial charge in [-0.1, -0.05) is 18.2 Å². The van der Waals surface area contributed by atoms with Crippen LogP contribution in [0.2, 0.25) is 0 Å². The summed E-state index contributed by atoms with van der Waals surface area (Å²) in [6.45, 7) is 0.00855. The maximum atomic E-state index is 11.2. The molecule has 0 amide bonds. The van der Waals surface area contributed by atoms with Gasteiger partial charge in [0.1, 0.15) is 5.58 Å². The lowest BCUT2D eigenvalue weighted by atomic mass is 10.0. The van der Waals surface area contributed by atoms with E-state index in [1.807, 2.05) is 18.2 Å². The zero-order valence-electron chi connectivity index (χ0n) is 8.72. The van der Waals surface area contributed by atoms with Crippen molar-refractivity contribution in [3.05, 3.63) is 46.3 Å². The van der Waals surface area contributed by atoms with E-state index >= 15 is 0 Å². The van der Waals surface area contributed by atoms with Crippen molar-refractivity contribution in [2.75, 3.05) is 6.61 Å². The van der Waals surface area contributed by atoms with Crippen LogP contribution in [0.25, 0.3) is 11.0 Å². The molecular weight excluding hydrogens is 206 g/mol. The summed E-state index contributed by atoms with van der Waals surface area (Å²) in [5, 5.41) is 9.69. The fourth-order valence-electron chi connectivity index (χ4n) is 1.70. The van der Waals surface area contributed by atoms with Gasteiger partial charge in [0.15, 0.2) is 0 Å². The van der Waals surface area contributed by atoms with E-state index in [4.69, 9.17) is 15.3 Å². The molecule has 1 aromatic heterocycles. The number of para-hydroxylation sites is 1. The van der Waals surface area contributed by atoms with E-state index in [1.54, 1.807) is 6.07 Å². The number of aliphatic hydroxyl groups excluding tert-OH is 1. The molecule has 1 aromatic carbocycles. The minimum Gasteiger partial charge on any atom is -0.422 e. The number of nitrogens with two attached hydrogens (primary N) is 1. The van der Waals surface area contributed by atoms with Crippen LogP contribution < -0.4 is 11.4 Å². The van der Waals surface area contributed by atoms with Crippen LogP contribution in [0.3, 0.4) is 0 Å². The molecule has 0 aliphatic rings. The molecule has 4 heteroatoms. The molecule has 1 atom stereocenters. The second kappa shape index (κ2) is 4.47. The van der Waals surface area contributed by atoms with Crippen molar-refractivity contribution in [1.29, 1.82) is 0 Å². The third-order valence-corrected chi connectivity index (χ3v) is 2.52. The Hall–Kier alpha value is -1.65. The standard InChI is InChI=1S/C12H13NO3/c13-10(6-7-14)9-3-1-2-8-4-5-11(15)16-12(8)9/h1-5,10,14H,6-7,13H2. The van der Waals surface area contributed by atoms with Crippen molar-refractivity contribution in [2.24, 2.45) is 5.73 Å². The molecule has 0 aliphatic heterocycles. The molecule has 0 saturated carbocycles. The summed E-state index contributed by atoms with van der Waals surface area (Å²) >= 11 is 0. The number of hydrogen-bond acceptors (Lipinski definition) is 4. The Balaban J connectivity index is 2.60. The minimum atomic E-state index is -0.392. The van der Waals surface area contributed by atoms with Gasteiger partial charge in [-0.2, -0.15) is 0 Å². The van der Waals surface area contributed by atoms with Crippen molar-refractivity contribution in [3.8, 4) is 0 Å².